The molecular formula is C19H16F6N6O2. The van der Waals surface area contributed by atoms with E-state index in [0.29, 0.717) is 10.5 Å². The van der Waals surface area contributed by atoms with Crippen molar-refractivity contribution < 1.29 is 35.6 Å². The lowest BCUT2D eigenvalue weighted by molar-refractivity contribution is -0.160. The fraction of sp³-hybridized carbons (Fsp3) is 0.316. The quantitative estimate of drug-likeness (QED) is 0.490. The second kappa shape index (κ2) is 9.83. The number of nitrogens with one attached hydrogen (secondary N) is 1. The molecule has 3 aromatic rings. The Kier molecular flexibility index (Phi) is 7.13. The molecule has 8 nitrogen and oxygen atoms in total. The predicted molar refractivity (Wildman–Crippen MR) is 101 cm³/mol. The van der Waals surface area contributed by atoms with Crippen LogP contribution in [0, 0.1) is 5.82 Å². The molecule has 3 rings (SSSR count). The Hall–Kier alpha value is -3.71. The zero-order valence-electron chi connectivity index (χ0n) is 16.9. The van der Waals surface area contributed by atoms with Crippen LogP contribution in [0.1, 0.15) is 30.8 Å². The molecule has 0 saturated carbocycles. The number of nitrogens with zero attached hydrogens (tertiary/aromatic N) is 5. The molecule has 1 aromatic carbocycles. The third-order valence-electron chi connectivity index (χ3n) is 4.32. The van der Waals surface area contributed by atoms with Gasteiger partial charge >= 0.3 is 12.6 Å². The molecule has 2 aromatic heterocycles. The SMILES string of the molecule is CC(=O)N(C[C@H](Nc1ncc(-c2nnc(C(F)F)o2)cn1)c1ccc(F)cc1)CC(F)(F)F. The number of carbonyl (C=O) groups excluding carboxylic acids is 1. The summed E-state index contributed by atoms with van der Waals surface area (Å²) in [6.45, 7) is -0.908. The van der Waals surface area contributed by atoms with Gasteiger partial charge in [-0.25, -0.2) is 14.4 Å². The van der Waals surface area contributed by atoms with Crippen LogP contribution < -0.4 is 5.32 Å². The first-order valence-corrected chi connectivity index (χ1v) is 9.30. The monoisotopic (exact) mass is 474 g/mol. The van der Waals surface area contributed by atoms with Gasteiger partial charge in [-0.2, -0.15) is 22.0 Å². The van der Waals surface area contributed by atoms with Crippen molar-refractivity contribution in [3.8, 4) is 11.5 Å². The Morgan fingerprint density at radius 1 is 1.12 bits per heavy atom. The van der Waals surface area contributed by atoms with Crippen LogP contribution in [0.2, 0.25) is 0 Å². The van der Waals surface area contributed by atoms with Gasteiger partial charge in [-0.1, -0.05) is 12.1 Å². The molecule has 0 fully saturated rings. The lowest BCUT2D eigenvalue weighted by Gasteiger charge is -2.28. The minimum atomic E-state index is -4.63. The third kappa shape index (κ3) is 6.63. The van der Waals surface area contributed by atoms with Crippen LogP contribution in [-0.4, -0.2) is 50.2 Å². The van der Waals surface area contributed by atoms with E-state index in [9.17, 15) is 31.1 Å². The predicted octanol–water partition coefficient (Wildman–Crippen LogP) is 4.17. The van der Waals surface area contributed by atoms with Crippen molar-refractivity contribution >= 4 is 11.9 Å². The number of halogens is 6. The van der Waals surface area contributed by atoms with E-state index in [0.717, 1.165) is 19.1 Å². The molecule has 14 heteroatoms. The maximum absolute atomic E-state index is 13.3. The molecule has 1 N–H and O–H groups in total. The second-order valence-corrected chi connectivity index (χ2v) is 6.80. The molecule has 0 aliphatic carbocycles. The highest BCUT2D eigenvalue weighted by molar-refractivity contribution is 5.73. The first-order chi connectivity index (χ1) is 15.5. The third-order valence-corrected chi connectivity index (χ3v) is 4.32. The van der Waals surface area contributed by atoms with Gasteiger partial charge in [0.15, 0.2) is 0 Å². The normalized spacial score (nSPS) is 12.6. The smallest absolute Gasteiger partial charge is 0.406 e. The van der Waals surface area contributed by atoms with Crippen molar-refractivity contribution in [1.29, 1.82) is 0 Å². The van der Waals surface area contributed by atoms with Crippen molar-refractivity contribution in [3.05, 3.63) is 53.9 Å². The van der Waals surface area contributed by atoms with Gasteiger partial charge in [0, 0.05) is 25.9 Å². The summed E-state index contributed by atoms with van der Waals surface area (Å²) >= 11 is 0. The molecule has 0 aliphatic rings. The molecule has 33 heavy (non-hydrogen) atoms. The number of hydrogen-bond acceptors (Lipinski definition) is 7. The average molecular weight is 474 g/mol. The Morgan fingerprint density at radius 3 is 2.27 bits per heavy atom. The van der Waals surface area contributed by atoms with Crippen molar-refractivity contribution in [2.75, 3.05) is 18.4 Å². The topological polar surface area (TPSA) is 97.0 Å². The van der Waals surface area contributed by atoms with Crippen molar-refractivity contribution in [1.82, 2.24) is 25.1 Å². The van der Waals surface area contributed by atoms with Gasteiger partial charge in [0.25, 0.3) is 11.8 Å². The number of carbonyl (C=O) groups is 1. The van der Waals surface area contributed by atoms with Gasteiger partial charge in [-0.05, 0) is 17.7 Å². The number of hydrogen-bond donors (Lipinski definition) is 1. The Bertz CT molecular complexity index is 1070. The summed E-state index contributed by atoms with van der Waals surface area (Å²) in [5, 5.41) is 9.45. The number of benzene rings is 1. The molecule has 0 unspecified atom stereocenters. The van der Waals surface area contributed by atoms with Crippen LogP contribution >= 0.6 is 0 Å². The summed E-state index contributed by atoms with van der Waals surface area (Å²) in [4.78, 5) is 20.3. The van der Waals surface area contributed by atoms with Gasteiger partial charge in [0.1, 0.15) is 12.4 Å². The van der Waals surface area contributed by atoms with Gasteiger partial charge < -0.3 is 14.6 Å². The molecule has 0 spiro atoms. The first-order valence-electron chi connectivity index (χ1n) is 9.30. The minimum absolute atomic E-state index is 0.0582. The standard InChI is InChI=1S/C19H16F6N6O2/c1-10(32)31(9-19(23,24)25)8-14(11-2-4-13(20)5-3-11)28-18-26-6-12(7-27-18)16-29-30-17(33-16)15(21)22/h2-7,14-15H,8-9H2,1H3,(H,26,27,28)/t14-/m0/s1. The second-order valence-electron chi connectivity index (χ2n) is 6.80. The van der Waals surface area contributed by atoms with Crippen LogP contribution in [0.3, 0.4) is 0 Å². The van der Waals surface area contributed by atoms with Crippen molar-refractivity contribution in [3.63, 3.8) is 0 Å². The molecule has 0 bridgehead atoms. The number of alkyl halides is 5. The number of anilines is 1. The molecule has 2 heterocycles. The molecule has 1 amide bonds. The summed E-state index contributed by atoms with van der Waals surface area (Å²) in [7, 11) is 0. The lowest BCUT2D eigenvalue weighted by Crippen LogP contribution is -2.41. The molecule has 0 radical (unpaired) electrons. The molecule has 0 saturated heterocycles. The van der Waals surface area contributed by atoms with E-state index < -0.39 is 49.3 Å². The number of aromatic nitrogens is 4. The van der Waals surface area contributed by atoms with Crippen LogP contribution in [0.25, 0.3) is 11.5 Å². The van der Waals surface area contributed by atoms with E-state index >= 15 is 0 Å². The number of rotatable bonds is 8. The average Bonchev–Trinajstić information content (AvgIpc) is 3.23. The Morgan fingerprint density at radius 2 is 1.76 bits per heavy atom. The summed E-state index contributed by atoms with van der Waals surface area (Å²) in [6, 6.07) is 3.99. The summed E-state index contributed by atoms with van der Waals surface area (Å²) in [5.41, 5.74) is 0.497. The van der Waals surface area contributed by atoms with Gasteiger partial charge in [0.05, 0.1) is 11.6 Å². The van der Waals surface area contributed by atoms with Crippen molar-refractivity contribution in [2.24, 2.45) is 0 Å². The highest BCUT2D eigenvalue weighted by Crippen LogP contribution is 2.25. The fourth-order valence-corrected chi connectivity index (χ4v) is 2.78. The number of amides is 1. The van der Waals surface area contributed by atoms with E-state index in [1.54, 1.807) is 0 Å². The Balaban J connectivity index is 1.83. The largest absolute Gasteiger partial charge is 0.415 e. The van der Waals surface area contributed by atoms with Gasteiger partial charge in [0.2, 0.25) is 11.9 Å². The van der Waals surface area contributed by atoms with E-state index in [1.807, 2.05) is 0 Å². The van der Waals surface area contributed by atoms with Crippen LogP contribution in [-0.2, 0) is 4.79 Å². The van der Waals surface area contributed by atoms with Crippen molar-refractivity contribution in [2.45, 2.75) is 25.6 Å². The summed E-state index contributed by atoms with van der Waals surface area (Å²) in [5.74, 6) is -2.56. The van der Waals surface area contributed by atoms with Gasteiger partial charge in [-0.3, -0.25) is 4.79 Å². The highest BCUT2D eigenvalue weighted by atomic mass is 19.4. The van der Waals surface area contributed by atoms with Crippen LogP contribution in [0.4, 0.5) is 32.3 Å². The minimum Gasteiger partial charge on any atom is -0.415 e. The summed E-state index contributed by atoms with van der Waals surface area (Å²) < 4.78 is 82.0. The van der Waals surface area contributed by atoms with E-state index in [1.165, 1.54) is 24.5 Å². The highest BCUT2D eigenvalue weighted by Gasteiger charge is 2.33. The van der Waals surface area contributed by atoms with E-state index in [-0.39, 0.29) is 17.4 Å². The van der Waals surface area contributed by atoms with Crippen LogP contribution in [0.15, 0.2) is 41.1 Å². The molecule has 176 valence electrons. The van der Waals surface area contributed by atoms with Crippen LogP contribution in [0.5, 0.6) is 0 Å². The fourth-order valence-electron chi connectivity index (χ4n) is 2.78. The van der Waals surface area contributed by atoms with E-state index in [4.69, 9.17) is 4.42 Å². The zero-order valence-corrected chi connectivity index (χ0v) is 16.9. The maximum atomic E-state index is 13.3. The Labute approximate surface area is 182 Å². The first kappa shape index (κ1) is 23.9. The summed E-state index contributed by atoms with van der Waals surface area (Å²) in [6.07, 6.45) is -5.22. The molecule has 0 aliphatic heterocycles. The maximum Gasteiger partial charge on any atom is 0.406 e. The molecular weight excluding hydrogens is 458 g/mol. The molecule has 1 atom stereocenters. The lowest BCUT2D eigenvalue weighted by atomic mass is 10.1. The van der Waals surface area contributed by atoms with Gasteiger partial charge in [-0.15, -0.1) is 10.2 Å². The zero-order chi connectivity index (χ0) is 24.2. The van der Waals surface area contributed by atoms with E-state index in [2.05, 4.69) is 25.5 Å².